The molecule has 0 aromatic carbocycles. The van der Waals surface area contributed by atoms with Crippen molar-refractivity contribution < 1.29 is 9.57 Å². The van der Waals surface area contributed by atoms with E-state index in [1.54, 1.807) is 12.4 Å². The molecular formula is C17H16N6O2S. The Morgan fingerprint density at radius 3 is 3.04 bits per heavy atom. The number of nitrogens with zero attached hydrogens (tertiary/aromatic N) is 6. The number of rotatable bonds is 4. The fourth-order valence-electron chi connectivity index (χ4n) is 2.51. The average molecular weight is 368 g/mol. The van der Waals surface area contributed by atoms with E-state index >= 15 is 0 Å². The van der Waals surface area contributed by atoms with E-state index in [1.165, 1.54) is 11.3 Å². The molecule has 0 fully saturated rings. The smallest absolute Gasteiger partial charge is 0.261 e. The second kappa shape index (κ2) is 7.12. The average Bonchev–Trinajstić information content (AvgIpc) is 3.08. The Morgan fingerprint density at radius 1 is 1.31 bits per heavy atom. The molecule has 0 amide bonds. The first kappa shape index (κ1) is 16.5. The summed E-state index contributed by atoms with van der Waals surface area (Å²) in [6, 6.07) is 3.86. The molecule has 1 aliphatic rings. The molecule has 0 atom stereocenters. The number of fused-ring (bicyclic) bond motifs is 1. The molecule has 9 heteroatoms. The highest BCUT2D eigenvalue weighted by Crippen LogP contribution is 2.34. The van der Waals surface area contributed by atoms with Gasteiger partial charge in [0.1, 0.15) is 17.3 Å². The van der Waals surface area contributed by atoms with Crippen LogP contribution in [-0.2, 0) is 4.84 Å². The van der Waals surface area contributed by atoms with Crippen LogP contribution >= 0.6 is 11.3 Å². The molecule has 0 spiro atoms. The summed E-state index contributed by atoms with van der Waals surface area (Å²) in [5.74, 6) is 0.886. The first-order valence-corrected chi connectivity index (χ1v) is 9.03. The number of hydrogen-bond acceptors (Lipinski definition) is 9. The number of thiazole rings is 1. The van der Waals surface area contributed by atoms with Crippen LogP contribution in [0.2, 0.25) is 0 Å². The summed E-state index contributed by atoms with van der Waals surface area (Å²) in [6.07, 6.45) is 4.14. The number of aryl methyl sites for hydroxylation is 1. The fourth-order valence-corrected chi connectivity index (χ4v) is 3.49. The van der Waals surface area contributed by atoms with Crippen LogP contribution < -0.4 is 4.74 Å². The van der Waals surface area contributed by atoms with Gasteiger partial charge in [-0.15, -0.1) is 21.5 Å². The zero-order valence-corrected chi connectivity index (χ0v) is 15.2. The fraction of sp³-hybridized carbons (Fsp3) is 0.294. The lowest BCUT2D eigenvalue weighted by atomic mass is 10.2. The van der Waals surface area contributed by atoms with Crippen LogP contribution in [0.4, 0.5) is 0 Å². The molecule has 26 heavy (non-hydrogen) atoms. The third-order valence-electron chi connectivity index (χ3n) is 3.72. The Morgan fingerprint density at radius 2 is 2.23 bits per heavy atom. The van der Waals surface area contributed by atoms with Gasteiger partial charge in [0, 0.05) is 24.4 Å². The molecule has 0 bridgehead atoms. The number of pyridine rings is 1. The summed E-state index contributed by atoms with van der Waals surface area (Å²) in [5, 5.41) is 13.4. The van der Waals surface area contributed by atoms with Crippen LogP contribution in [0.5, 0.6) is 5.88 Å². The van der Waals surface area contributed by atoms with E-state index in [-0.39, 0.29) is 0 Å². The second-order valence-electron chi connectivity index (χ2n) is 5.52. The van der Waals surface area contributed by atoms with Crippen molar-refractivity contribution in [2.24, 2.45) is 5.16 Å². The molecule has 4 heterocycles. The first-order chi connectivity index (χ1) is 12.8. The molecule has 8 nitrogen and oxygen atoms in total. The monoisotopic (exact) mass is 368 g/mol. The summed E-state index contributed by atoms with van der Waals surface area (Å²) in [7, 11) is 0. The minimum atomic E-state index is 0.383. The molecule has 3 aromatic rings. The van der Waals surface area contributed by atoms with Gasteiger partial charge in [-0.05, 0) is 26.0 Å². The maximum Gasteiger partial charge on any atom is 0.261 e. The largest absolute Gasteiger partial charge is 0.475 e. The van der Waals surface area contributed by atoms with Crippen LogP contribution in [0.25, 0.3) is 21.3 Å². The SMILES string of the molecule is CCO/N=C1\CCOc2nnc(-c3sc(-c4cccnc4)nc3C)nc21. The Labute approximate surface area is 154 Å². The molecule has 0 saturated carbocycles. The molecule has 0 radical (unpaired) electrons. The molecular weight excluding hydrogens is 352 g/mol. The zero-order valence-electron chi connectivity index (χ0n) is 14.3. The highest BCUT2D eigenvalue weighted by atomic mass is 32.1. The third kappa shape index (κ3) is 3.13. The topological polar surface area (TPSA) is 95.3 Å². The highest BCUT2D eigenvalue weighted by Gasteiger charge is 2.24. The van der Waals surface area contributed by atoms with E-state index in [4.69, 9.17) is 9.57 Å². The van der Waals surface area contributed by atoms with Crippen molar-refractivity contribution in [3.05, 3.63) is 35.9 Å². The molecule has 0 saturated heterocycles. The summed E-state index contributed by atoms with van der Waals surface area (Å²) in [6.45, 7) is 4.79. The Balaban J connectivity index is 1.74. The van der Waals surface area contributed by atoms with Gasteiger partial charge in [0.25, 0.3) is 5.88 Å². The predicted molar refractivity (Wildman–Crippen MR) is 97.2 cm³/mol. The van der Waals surface area contributed by atoms with Gasteiger partial charge in [0.15, 0.2) is 11.5 Å². The predicted octanol–water partition coefficient (Wildman–Crippen LogP) is 2.89. The quantitative estimate of drug-likeness (QED) is 0.653. The van der Waals surface area contributed by atoms with Gasteiger partial charge in [0.2, 0.25) is 0 Å². The summed E-state index contributed by atoms with van der Waals surface area (Å²) >= 11 is 1.51. The van der Waals surface area contributed by atoms with Crippen molar-refractivity contribution in [1.82, 2.24) is 25.1 Å². The van der Waals surface area contributed by atoms with Gasteiger partial charge in [0.05, 0.1) is 17.2 Å². The molecule has 0 N–H and O–H groups in total. The van der Waals surface area contributed by atoms with E-state index in [9.17, 15) is 0 Å². The lowest BCUT2D eigenvalue weighted by molar-refractivity contribution is 0.156. The Kier molecular flexibility index (Phi) is 4.53. The van der Waals surface area contributed by atoms with Crippen LogP contribution in [0, 0.1) is 6.92 Å². The highest BCUT2D eigenvalue weighted by molar-refractivity contribution is 7.18. The number of aromatic nitrogens is 5. The lowest BCUT2D eigenvalue weighted by Gasteiger charge is -2.16. The van der Waals surface area contributed by atoms with E-state index in [0.717, 1.165) is 26.9 Å². The molecule has 132 valence electrons. The molecule has 1 aliphatic heterocycles. The zero-order chi connectivity index (χ0) is 17.9. The van der Waals surface area contributed by atoms with Crippen molar-refractivity contribution in [1.29, 1.82) is 0 Å². The molecule has 0 aliphatic carbocycles. The minimum Gasteiger partial charge on any atom is -0.475 e. The normalized spacial score (nSPS) is 14.8. The van der Waals surface area contributed by atoms with Gasteiger partial charge in [-0.3, -0.25) is 4.98 Å². The van der Waals surface area contributed by atoms with E-state index in [2.05, 4.69) is 30.3 Å². The second-order valence-corrected chi connectivity index (χ2v) is 6.52. The first-order valence-electron chi connectivity index (χ1n) is 8.21. The maximum absolute atomic E-state index is 5.54. The van der Waals surface area contributed by atoms with Gasteiger partial charge < -0.3 is 9.57 Å². The molecule has 4 rings (SSSR count). The van der Waals surface area contributed by atoms with Gasteiger partial charge >= 0.3 is 0 Å². The standard InChI is InChI=1S/C17H16N6O2S/c1-3-25-23-12-6-8-24-16-13(12)20-15(21-22-16)14-10(2)19-17(26-14)11-5-4-7-18-9-11/h4-5,7,9H,3,6,8H2,1-2H3/b23-12+. The molecule has 0 unspecified atom stereocenters. The third-order valence-corrected chi connectivity index (χ3v) is 4.92. The van der Waals surface area contributed by atoms with Gasteiger partial charge in [-0.1, -0.05) is 5.16 Å². The van der Waals surface area contributed by atoms with E-state index < -0.39 is 0 Å². The van der Waals surface area contributed by atoms with Crippen molar-refractivity contribution in [2.75, 3.05) is 13.2 Å². The van der Waals surface area contributed by atoms with Gasteiger partial charge in [-0.2, -0.15) is 0 Å². The van der Waals surface area contributed by atoms with Crippen molar-refractivity contribution in [3.63, 3.8) is 0 Å². The summed E-state index contributed by atoms with van der Waals surface area (Å²) in [5.41, 5.74) is 3.10. The summed E-state index contributed by atoms with van der Waals surface area (Å²) in [4.78, 5) is 19.4. The van der Waals surface area contributed by atoms with Crippen LogP contribution in [-0.4, -0.2) is 44.1 Å². The van der Waals surface area contributed by atoms with Crippen molar-refractivity contribution >= 4 is 17.0 Å². The van der Waals surface area contributed by atoms with Gasteiger partial charge in [-0.25, -0.2) is 9.97 Å². The van der Waals surface area contributed by atoms with Crippen molar-refractivity contribution in [3.8, 4) is 27.2 Å². The molecule has 3 aromatic heterocycles. The van der Waals surface area contributed by atoms with Crippen molar-refractivity contribution in [2.45, 2.75) is 20.3 Å². The van der Waals surface area contributed by atoms with Crippen LogP contribution in [0.1, 0.15) is 24.7 Å². The number of oxime groups is 1. The minimum absolute atomic E-state index is 0.383. The lowest BCUT2D eigenvalue weighted by Crippen LogP contribution is -2.20. The van der Waals surface area contributed by atoms with Crippen LogP contribution in [0.3, 0.4) is 0 Å². The van der Waals surface area contributed by atoms with E-state index in [0.29, 0.717) is 37.0 Å². The maximum atomic E-state index is 5.54. The van der Waals surface area contributed by atoms with Crippen LogP contribution in [0.15, 0.2) is 29.7 Å². The Bertz CT molecular complexity index is 957. The summed E-state index contributed by atoms with van der Waals surface area (Å²) < 4.78 is 5.54. The Hall–Kier alpha value is -2.94. The number of ether oxygens (including phenoxy) is 1. The van der Waals surface area contributed by atoms with E-state index in [1.807, 2.05) is 26.0 Å². The number of hydrogen-bond donors (Lipinski definition) is 0.